The maximum Gasteiger partial charge on any atom is 0.472 e. The average molecular weight is 274 g/mol. The number of rotatable bonds is 3. The summed E-state index contributed by atoms with van der Waals surface area (Å²) in [6, 6.07) is -0.460. The van der Waals surface area contributed by atoms with Crippen LogP contribution in [0.1, 0.15) is 33.6 Å². The highest BCUT2D eigenvalue weighted by Gasteiger charge is 2.64. The molecule has 1 saturated carbocycles. The van der Waals surface area contributed by atoms with Crippen LogP contribution in [0.4, 0.5) is 0 Å². The summed E-state index contributed by atoms with van der Waals surface area (Å²) in [5.74, 6) is 0.312. The van der Waals surface area contributed by atoms with Crippen LogP contribution in [0, 0.1) is 11.3 Å². The van der Waals surface area contributed by atoms with Crippen LogP contribution in [0.5, 0.6) is 0 Å². The van der Waals surface area contributed by atoms with Gasteiger partial charge in [-0.25, -0.2) is 4.57 Å². The minimum absolute atomic E-state index is 0.151. The zero-order valence-corrected chi connectivity index (χ0v) is 12.1. The van der Waals surface area contributed by atoms with Crippen LogP contribution in [0.2, 0.25) is 0 Å². The first-order chi connectivity index (χ1) is 8.13. The Bertz CT molecular complexity index is 388. The standard InChI is InChI=1S/C11H20BO5P/c1-7-5-11(17-18(13,14)15-4)6-8(12)16-9(11)10(7,2)3/h7-9H,5-6H2,1-4H3,(H,13,14)/t7-,8?,9+,11-/m0/s1. The van der Waals surface area contributed by atoms with Gasteiger partial charge in [-0.2, -0.15) is 0 Å². The molecule has 7 heteroatoms. The Labute approximate surface area is 109 Å². The van der Waals surface area contributed by atoms with E-state index in [1.165, 1.54) is 0 Å². The average Bonchev–Trinajstić information content (AvgIpc) is 2.61. The fourth-order valence-electron chi connectivity index (χ4n) is 3.27. The lowest BCUT2D eigenvalue weighted by atomic mass is 9.81. The number of fused-ring (bicyclic) bond motifs is 1. The molecule has 0 aromatic carbocycles. The third-order valence-electron chi connectivity index (χ3n) is 4.46. The van der Waals surface area contributed by atoms with Crippen molar-refractivity contribution in [3.8, 4) is 0 Å². The molecule has 18 heavy (non-hydrogen) atoms. The van der Waals surface area contributed by atoms with E-state index in [4.69, 9.17) is 17.1 Å². The first kappa shape index (κ1) is 14.5. The van der Waals surface area contributed by atoms with Gasteiger partial charge in [0, 0.05) is 13.1 Å². The van der Waals surface area contributed by atoms with Gasteiger partial charge in [0.1, 0.15) is 13.4 Å². The minimum atomic E-state index is -4.05. The van der Waals surface area contributed by atoms with Crippen LogP contribution in [-0.2, 0) is 18.3 Å². The van der Waals surface area contributed by atoms with Gasteiger partial charge < -0.3 is 9.63 Å². The molecule has 0 spiro atoms. The molecule has 0 bridgehead atoms. The number of hydrogen-bond donors (Lipinski definition) is 1. The maximum absolute atomic E-state index is 11.7. The molecule has 2 aliphatic rings. The van der Waals surface area contributed by atoms with Crippen molar-refractivity contribution < 1.29 is 23.2 Å². The molecule has 0 aromatic rings. The molecule has 1 aliphatic heterocycles. The Morgan fingerprint density at radius 1 is 1.44 bits per heavy atom. The van der Waals surface area contributed by atoms with Crippen molar-refractivity contribution in [1.29, 1.82) is 0 Å². The van der Waals surface area contributed by atoms with E-state index >= 15 is 0 Å². The number of phosphoric ester groups is 1. The molecule has 2 fully saturated rings. The van der Waals surface area contributed by atoms with Crippen molar-refractivity contribution in [3.63, 3.8) is 0 Å². The van der Waals surface area contributed by atoms with E-state index in [1.807, 2.05) is 0 Å². The van der Waals surface area contributed by atoms with Gasteiger partial charge >= 0.3 is 7.82 Å². The SMILES string of the molecule is [B]C1C[C@@]2(OP(=O)(O)OC)C[C@H](C)C(C)(C)[C@H]2O1. The number of phosphoric acid groups is 1. The smallest absolute Gasteiger partial charge is 0.381 e. The second-order valence-electron chi connectivity index (χ2n) is 5.99. The Morgan fingerprint density at radius 3 is 2.61 bits per heavy atom. The van der Waals surface area contributed by atoms with Crippen LogP contribution in [0.25, 0.3) is 0 Å². The first-order valence-corrected chi connectivity index (χ1v) is 7.63. The van der Waals surface area contributed by atoms with Gasteiger partial charge in [0.05, 0.1) is 6.10 Å². The number of hydrogen-bond acceptors (Lipinski definition) is 4. The van der Waals surface area contributed by atoms with Crippen LogP contribution >= 0.6 is 7.82 Å². The van der Waals surface area contributed by atoms with Crippen LogP contribution in [-0.4, -0.2) is 37.6 Å². The summed E-state index contributed by atoms with van der Waals surface area (Å²) >= 11 is 0. The maximum atomic E-state index is 11.7. The lowest BCUT2D eigenvalue weighted by Gasteiger charge is -2.34. The van der Waals surface area contributed by atoms with Crippen molar-refractivity contribution >= 4 is 15.7 Å². The summed E-state index contributed by atoms with van der Waals surface area (Å²) in [4.78, 5) is 9.58. The van der Waals surface area contributed by atoms with Gasteiger partial charge in [-0.05, 0) is 24.2 Å². The van der Waals surface area contributed by atoms with E-state index in [2.05, 4.69) is 25.3 Å². The van der Waals surface area contributed by atoms with Gasteiger partial charge in [-0.15, -0.1) is 0 Å². The summed E-state index contributed by atoms with van der Waals surface area (Å²) in [6.07, 6.45) is 0.775. The first-order valence-electron chi connectivity index (χ1n) is 6.13. The molecule has 2 rings (SSSR count). The topological polar surface area (TPSA) is 65.0 Å². The van der Waals surface area contributed by atoms with Crippen LogP contribution in [0.3, 0.4) is 0 Å². The highest BCUT2D eigenvalue weighted by Crippen LogP contribution is 2.62. The fraction of sp³-hybridized carbons (Fsp3) is 1.00. The Kier molecular flexibility index (Phi) is 3.49. The number of ether oxygens (including phenoxy) is 1. The molecule has 1 heterocycles. The van der Waals surface area contributed by atoms with Crippen molar-refractivity contribution in [1.82, 2.24) is 0 Å². The molecule has 1 aliphatic carbocycles. The van der Waals surface area contributed by atoms with Gasteiger partial charge in [-0.3, -0.25) is 9.05 Å². The minimum Gasteiger partial charge on any atom is -0.381 e. The zero-order valence-electron chi connectivity index (χ0n) is 11.3. The predicted molar refractivity (Wildman–Crippen MR) is 67.2 cm³/mol. The third-order valence-corrected chi connectivity index (χ3v) is 5.52. The zero-order chi connectivity index (χ0) is 13.8. The summed E-state index contributed by atoms with van der Waals surface area (Å²) in [7, 11) is 2.93. The Morgan fingerprint density at radius 2 is 2.06 bits per heavy atom. The molecule has 0 amide bonds. The van der Waals surface area contributed by atoms with Crippen molar-refractivity contribution in [3.05, 3.63) is 0 Å². The lowest BCUT2D eigenvalue weighted by molar-refractivity contribution is -0.0586. The second-order valence-corrected chi connectivity index (χ2v) is 7.48. The van der Waals surface area contributed by atoms with Crippen LogP contribution < -0.4 is 0 Å². The third kappa shape index (κ3) is 2.18. The molecule has 102 valence electrons. The molecular formula is C11H20BO5P. The lowest BCUT2D eigenvalue weighted by Crippen LogP contribution is -2.41. The van der Waals surface area contributed by atoms with E-state index in [9.17, 15) is 9.46 Å². The molecular weight excluding hydrogens is 254 g/mol. The highest BCUT2D eigenvalue weighted by molar-refractivity contribution is 7.47. The van der Waals surface area contributed by atoms with E-state index in [0.717, 1.165) is 7.11 Å². The second kappa shape index (κ2) is 4.32. The van der Waals surface area contributed by atoms with Crippen molar-refractivity contribution in [2.24, 2.45) is 11.3 Å². The Balaban J connectivity index is 2.32. The van der Waals surface area contributed by atoms with Gasteiger partial charge in [-0.1, -0.05) is 20.8 Å². The van der Waals surface area contributed by atoms with Gasteiger partial charge in [0.15, 0.2) is 0 Å². The van der Waals surface area contributed by atoms with E-state index in [0.29, 0.717) is 18.8 Å². The van der Waals surface area contributed by atoms with Crippen molar-refractivity contribution in [2.45, 2.75) is 51.3 Å². The van der Waals surface area contributed by atoms with E-state index < -0.39 is 19.4 Å². The Hall–Kier alpha value is 0.135. The van der Waals surface area contributed by atoms with E-state index in [1.54, 1.807) is 0 Å². The quantitative estimate of drug-likeness (QED) is 0.628. The molecule has 5 atom stereocenters. The molecule has 2 radical (unpaired) electrons. The summed E-state index contributed by atoms with van der Waals surface area (Å²) < 4.78 is 27.4. The largest absolute Gasteiger partial charge is 0.472 e. The summed E-state index contributed by atoms with van der Waals surface area (Å²) in [6.45, 7) is 6.23. The fourth-order valence-corrected chi connectivity index (χ4v) is 4.05. The summed E-state index contributed by atoms with van der Waals surface area (Å²) in [5.41, 5.74) is -0.968. The highest BCUT2D eigenvalue weighted by atomic mass is 31.2. The molecule has 1 N–H and O–H groups in total. The normalized spacial score (nSPS) is 45.7. The van der Waals surface area contributed by atoms with Gasteiger partial charge in [0.25, 0.3) is 0 Å². The predicted octanol–water partition coefficient (Wildman–Crippen LogP) is 1.84. The molecule has 0 aromatic heterocycles. The van der Waals surface area contributed by atoms with Crippen LogP contribution in [0.15, 0.2) is 0 Å². The monoisotopic (exact) mass is 274 g/mol. The van der Waals surface area contributed by atoms with Crippen molar-refractivity contribution in [2.75, 3.05) is 7.11 Å². The molecule has 1 saturated heterocycles. The van der Waals surface area contributed by atoms with Gasteiger partial charge in [0.2, 0.25) is 0 Å². The van der Waals surface area contributed by atoms with E-state index in [-0.39, 0.29) is 11.5 Å². The summed E-state index contributed by atoms with van der Waals surface area (Å²) in [5, 5.41) is 0. The molecule has 5 nitrogen and oxygen atoms in total. The molecule has 2 unspecified atom stereocenters.